The number of thiocarbonyl (C=S) groups is 1. The standard InChI is InChI=1S/C23H29N3O3S3/c1-2-6-18(30)20(31)26-23(10-3-4-11-23)22(29)25-17(21(27)28)13-15-8-9-16(24-14-15)19-7-5-12-32-19/h5,7-9,12,14,17-18,30H,2-4,6,10-11,13H2,1H3,(H,25,29)(H,26,31)(H,27,28). The number of amides is 1. The first-order chi connectivity index (χ1) is 15.3. The van der Waals surface area contributed by atoms with Crippen molar-refractivity contribution < 1.29 is 14.7 Å². The van der Waals surface area contributed by atoms with E-state index in [1.54, 1.807) is 17.5 Å². The van der Waals surface area contributed by atoms with Gasteiger partial charge in [-0.3, -0.25) is 9.78 Å². The molecular weight excluding hydrogens is 462 g/mol. The average molecular weight is 492 g/mol. The Morgan fingerprint density at radius 1 is 1.31 bits per heavy atom. The number of carboxylic acid groups (broad SMARTS) is 1. The van der Waals surface area contributed by atoms with Gasteiger partial charge in [0.1, 0.15) is 11.6 Å². The minimum atomic E-state index is -1.07. The molecule has 2 atom stereocenters. The number of pyridine rings is 1. The molecule has 0 spiro atoms. The SMILES string of the molecule is CCCC(S)C(=S)NC1(C(=O)NC(Cc2ccc(-c3cccs3)nc2)C(=O)O)CCCC1. The average Bonchev–Trinajstić information content (AvgIpc) is 3.47. The van der Waals surface area contributed by atoms with Crippen LogP contribution in [0.4, 0.5) is 0 Å². The summed E-state index contributed by atoms with van der Waals surface area (Å²) in [5.74, 6) is -1.39. The van der Waals surface area contributed by atoms with Gasteiger partial charge in [0.2, 0.25) is 5.91 Å². The van der Waals surface area contributed by atoms with E-state index >= 15 is 0 Å². The van der Waals surface area contributed by atoms with Crippen LogP contribution in [0.3, 0.4) is 0 Å². The van der Waals surface area contributed by atoms with Crippen LogP contribution in [0.15, 0.2) is 35.8 Å². The van der Waals surface area contributed by atoms with E-state index in [9.17, 15) is 14.7 Å². The molecule has 1 aliphatic rings. The first kappa shape index (κ1) is 24.7. The Kier molecular flexibility index (Phi) is 8.67. The largest absolute Gasteiger partial charge is 0.480 e. The number of hydrogen-bond donors (Lipinski definition) is 4. The molecular formula is C23H29N3O3S3. The lowest BCUT2D eigenvalue weighted by molar-refractivity contribution is -0.142. The summed E-state index contributed by atoms with van der Waals surface area (Å²) < 4.78 is 0. The molecule has 9 heteroatoms. The second-order valence-corrected chi connectivity index (χ2v) is 10.2. The summed E-state index contributed by atoms with van der Waals surface area (Å²) in [5.41, 5.74) is 0.719. The van der Waals surface area contributed by atoms with E-state index in [1.807, 2.05) is 29.6 Å². The highest BCUT2D eigenvalue weighted by molar-refractivity contribution is 7.86. The molecule has 1 saturated carbocycles. The zero-order valence-electron chi connectivity index (χ0n) is 18.0. The molecule has 2 aromatic heterocycles. The normalized spacial score (nSPS) is 16.8. The van der Waals surface area contributed by atoms with Crippen molar-refractivity contribution in [3.05, 3.63) is 41.4 Å². The van der Waals surface area contributed by atoms with E-state index in [-0.39, 0.29) is 17.6 Å². The van der Waals surface area contributed by atoms with Crippen LogP contribution in [0.1, 0.15) is 51.0 Å². The lowest BCUT2D eigenvalue weighted by Gasteiger charge is -2.33. The summed E-state index contributed by atoms with van der Waals surface area (Å²) in [7, 11) is 0. The minimum Gasteiger partial charge on any atom is -0.480 e. The number of aromatic nitrogens is 1. The Bertz CT molecular complexity index is 926. The van der Waals surface area contributed by atoms with Gasteiger partial charge in [0.05, 0.1) is 20.8 Å². The number of rotatable bonds is 10. The summed E-state index contributed by atoms with van der Waals surface area (Å²) >= 11 is 11.6. The quantitative estimate of drug-likeness (QED) is 0.293. The lowest BCUT2D eigenvalue weighted by atomic mass is 9.94. The zero-order chi connectivity index (χ0) is 23.1. The van der Waals surface area contributed by atoms with Gasteiger partial charge in [0.25, 0.3) is 0 Å². The molecule has 6 nitrogen and oxygen atoms in total. The van der Waals surface area contributed by atoms with Gasteiger partial charge in [-0.2, -0.15) is 12.6 Å². The summed E-state index contributed by atoms with van der Waals surface area (Å²) in [6, 6.07) is 6.64. The van der Waals surface area contributed by atoms with E-state index in [0.717, 1.165) is 41.8 Å². The molecule has 2 heterocycles. The van der Waals surface area contributed by atoms with Crippen LogP contribution in [0.25, 0.3) is 10.6 Å². The Labute approximate surface area is 203 Å². The summed E-state index contributed by atoms with van der Waals surface area (Å²) in [6.07, 6.45) is 6.61. The lowest BCUT2D eigenvalue weighted by Crippen LogP contribution is -2.60. The van der Waals surface area contributed by atoms with E-state index in [4.69, 9.17) is 12.2 Å². The van der Waals surface area contributed by atoms with Crippen molar-refractivity contribution in [3.63, 3.8) is 0 Å². The molecule has 3 N–H and O–H groups in total. The fourth-order valence-electron chi connectivity index (χ4n) is 3.96. The Morgan fingerprint density at radius 2 is 2.06 bits per heavy atom. The Hall–Kier alpha value is -1.97. The van der Waals surface area contributed by atoms with Crippen LogP contribution in [0.2, 0.25) is 0 Å². The topological polar surface area (TPSA) is 91.3 Å². The first-order valence-corrected chi connectivity index (χ1v) is 12.7. The highest BCUT2D eigenvalue weighted by Crippen LogP contribution is 2.31. The summed E-state index contributed by atoms with van der Waals surface area (Å²) in [6.45, 7) is 2.06. The smallest absolute Gasteiger partial charge is 0.326 e. The van der Waals surface area contributed by atoms with Gasteiger partial charge in [-0.1, -0.05) is 50.5 Å². The molecule has 1 amide bonds. The molecule has 0 saturated heterocycles. The van der Waals surface area contributed by atoms with Crippen LogP contribution in [0.5, 0.6) is 0 Å². The van der Waals surface area contributed by atoms with Crippen molar-refractivity contribution in [2.45, 2.75) is 68.7 Å². The van der Waals surface area contributed by atoms with Gasteiger partial charge in [0.15, 0.2) is 0 Å². The predicted molar refractivity (Wildman–Crippen MR) is 135 cm³/mol. The number of nitrogens with zero attached hydrogens (tertiary/aromatic N) is 1. The van der Waals surface area contributed by atoms with Gasteiger partial charge >= 0.3 is 5.97 Å². The molecule has 0 aromatic carbocycles. The summed E-state index contributed by atoms with van der Waals surface area (Å²) in [4.78, 5) is 31.2. The second-order valence-electron chi connectivity index (χ2n) is 8.18. The van der Waals surface area contributed by atoms with Gasteiger partial charge in [-0.15, -0.1) is 11.3 Å². The number of aliphatic carboxylic acids is 1. The summed E-state index contributed by atoms with van der Waals surface area (Å²) in [5, 5.41) is 17.6. The molecule has 1 fully saturated rings. The number of thiophene rings is 1. The number of hydrogen-bond acceptors (Lipinski definition) is 6. The van der Waals surface area contributed by atoms with Gasteiger partial charge in [-0.05, 0) is 42.3 Å². The van der Waals surface area contributed by atoms with E-state index in [0.29, 0.717) is 17.8 Å². The van der Waals surface area contributed by atoms with Crippen molar-refractivity contribution in [1.82, 2.24) is 15.6 Å². The van der Waals surface area contributed by atoms with Crippen LogP contribution >= 0.6 is 36.2 Å². The highest BCUT2D eigenvalue weighted by Gasteiger charge is 2.43. The monoisotopic (exact) mass is 491 g/mol. The molecule has 2 unspecified atom stereocenters. The number of carbonyl (C=O) groups excluding carboxylic acids is 1. The number of carboxylic acids is 1. The van der Waals surface area contributed by atoms with E-state index in [2.05, 4.69) is 35.2 Å². The fourth-order valence-corrected chi connectivity index (χ4v) is 5.30. The van der Waals surface area contributed by atoms with E-state index < -0.39 is 17.6 Å². The molecule has 3 rings (SSSR count). The van der Waals surface area contributed by atoms with Crippen molar-refractivity contribution in [2.75, 3.05) is 0 Å². The minimum absolute atomic E-state index is 0.122. The molecule has 2 aromatic rings. The molecule has 32 heavy (non-hydrogen) atoms. The third-order valence-electron chi connectivity index (χ3n) is 5.76. The van der Waals surface area contributed by atoms with Crippen molar-refractivity contribution in [1.29, 1.82) is 0 Å². The van der Waals surface area contributed by atoms with Crippen molar-refractivity contribution in [2.24, 2.45) is 0 Å². The molecule has 0 bridgehead atoms. The fraction of sp³-hybridized carbons (Fsp3) is 0.478. The maximum absolute atomic E-state index is 13.3. The van der Waals surface area contributed by atoms with Crippen molar-refractivity contribution >= 4 is 53.0 Å². The van der Waals surface area contributed by atoms with E-state index in [1.165, 1.54) is 0 Å². The molecule has 0 radical (unpaired) electrons. The molecule has 1 aliphatic carbocycles. The first-order valence-electron chi connectivity index (χ1n) is 10.9. The van der Waals surface area contributed by atoms with Crippen LogP contribution in [-0.2, 0) is 16.0 Å². The number of nitrogens with one attached hydrogen (secondary N) is 2. The van der Waals surface area contributed by atoms with Crippen molar-refractivity contribution in [3.8, 4) is 10.6 Å². The Morgan fingerprint density at radius 3 is 2.62 bits per heavy atom. The zero-order valence-corrected chi connectivity index (χ0v) is 20.6. The number of thiol groups is 1. The van der Waals surface area contributed by atoms with Crippen LogP contribution in [0, 0.1) is 0 Å². The maximum atomic E-state index is 13.3. The molecule has 0 aliphatic heterocycles. The third-order valence-corrected chi connectivity index (χ3v) is 7.73. The van der Waals surface area contributed by atoms with Gasteiger partial charge in [-0.25, -0.2) is 4.79 Å². The van der Waals surface area contributed by atoms with Gasteiger partial charge < -0.3 is 15.7 Å². The third kappa shape index (κ3) is 6.08. The highest BCUT2D eigenvalue weighted by atomic mass is 32.1. The van der Waals surface area contributed by atoms with Crippen LogP contribution in [-0.4, -0.2) is 43.8 Å². The van der Waals surface area contributed by atoms with Gasteiger partial charge in [0, 0.05) is 12.6 Å². The number of carbonyl (C=O) groups is 2. The predicted octanol–water partition coefficient (Wildman–Crippen LogP) is 4.25. The molecule has 172 valence electrons. The second kappa shape index (κ2) is 11.2. The maximum Gasteiger partial charge on any atom is 0.326 e. The van der Waals surface area contributed by atoms with Crippen LogP contribution < -0.4 is 10.6 Å². The Balaban J connectivity index is 1.69.